The molecular formula is C15H12Cl2N2O4. The summed E-state index contributed by atoms with van der Waals surface area (Å²) in [7, 11) is 0. The van der Waals surface area contributed by atoms with E-state index in [0.29, 0.717) is 0 Å². The standard InChI is InChI=1S/C15H12Cl2N2O4/c1-9-5-6-12(19(21)22)13(7-9)23-8-14(20)18-15-10(16)3-2-4-11(15)17/h2-7H,8H2,1H3,(H,18,20). The van der Waals surface area contributed by atoms with Crippen molar-refractivity contribution in [3.05, 3.63) is 62.1 Å². The van der Waals surface area contributed by atoms with Crippen LogP contribution < -0.4 is 10.1 Å². The van der Waals surface area contributed by atoms with Crippen molar-refractivity contribution in [2.24, 2.45) is 0 Å². The summed E-state index contributed by atoms with van der Waals surface area (Å²) in [6.07, 6.45) is 0. The number of amides is 1. The summed E-state index contributed by atoms with van der Waals surface area (Å²) in [4.78, 5) is 22.3. The molecule has 0 bridgehead atoms. The van der Waals surface area contributed by atoms with Crippen molar-refractivity contribution in [1.29, 1.82) is 0 Å². The van der Waals surface area contributed by atoms with E-state index in [0.717, 1.165) is 5.56 Å². The molecule has 1 amide bonds. The fraction of sp³-hybridized carbons (Fsp3) is 0.133. The van der Waals surface area contributed by atoms with Gasteiger partial charge in [0.1, 0.15) is 0 Å². The molecule has 120 valence electrons. The Morgan fingerprint density at radius 3 is 2.52 bits per heavy atom. The van der Waals surface area contributed by atoms with Crippen LogP contribution in [0.4, 0.5) is 11.4 Å². The summed E-state index contributed by atoms with van der Waals surface area (Å²) < 4.78 is 5.25. The third-order valence-corrected chi connectivity index (χ3v) is 3.53. The minimum absolute atomic E-state index is 0.0235. The number of rotatable bonds is 5. The van der Waals surface area contributed by atoms with Gasteiger partial charge >= 0.3 is 5.69 Å². The van der Waals surface area contributed by atoms with Gasteiger partial charge in [0.15, 0.2) is 12.4 Å². The average Bonchev–Trinajstić information content (AvgIpc) is 2.49. The van der Waals surface area contributed by atoms with Crippen LogP contribution in [0.5, 0.6) is 5.75 Å². The molecule has 0 saturated heterocycles. The third kappa shape index (κ3) is 4.34. The maximum atomic E-state index is 11.9. The van der Waals surface area contributed by atoms with E-state index in [-0.39, 0.29) is 27.2 Å². The molecule has 2 aromatic rings. The molecule has 0 aliphatic heterocycles. The summed E-state index contributed by atoms with van der Waals surface area (Å²) in [5, 5.41) is 14.0. The number of carbonyl (C=O) groups is 1. The number of nitro benzene ring substituents is 1. The van der Waals surface area contributed by atoms with Gasteiger partial charge in [-0.05, 0) is 30.7 Å². The maximum absolute atomic E-state index is 11.9. The van der Waals surface area contributed by atoms with Gasteiger partial charge in [-0.15, -0.1) is 0 Å². The lowest BCUT2D eigenvalue weighted by atomic mass is 10.2. The first-order valence-electron chi connectivity index (χ1n) is 6.50. The highest BCUT2D eigenvalue weighted by Crippen LogP contribution is 2.30. The molecule has 0 atom stereocenters. The van der Waals surface area contributed by atoms with Crippen LogP contribution in [0.3, 0.4) is 0 Å². The van der Waals surface area contributed by atoms with E-state index in [1.807, 2.05) is 0 Å². The summed E-state index contributed by atoms with van der Waals surface area (Å²) in [5.41, 5.74) is 0.836. The summed E-state index contributed by atoms with van der Waals surface area (Å²) in [6.45, 7) is 1.35. The molecule has 0 aliphatic rings. The zero-order valence-electron chi connectivity index (χ0n) is 12.0. The van der Waals surface area contributed by atoms with Gasteiger partial charge in [0.25, 0.3) is 5.91 Å². The van der Waals surface area contributed by atoms with Gasteiger partial charge in [-0.3, -0.25) is 14.9 Å². The molecule has 0 fully saturated rings. The van der Waals surface area contributed by atoms with Crippen molar-refractivity contribution in [3.8, 4) is 5.75 Å². The van der Waals surface area contributed by atoms with E-state index < -0.39 is 17.4 Å². The van der Waals surface area contributed by atoms with Gasteiger partial charge in [-0.2, -0.15) is 0 Å². The molecule has 0 radical (unpaired) electrons. The predicted octanol–water partition coefficient (Wildman–Crippen LogP) is 4.23. The first-order valence-corrected chi connectivity index (χ1v) is 7.26. The predicted molar refractivity (Wildman–Crippen MR) is 88.4 cm³/mol. The van der Waals surface area contributed by atoms with E-state index in [4.69, 9.17) is 27.9 Å². The van der Waals surface area contributed by atoms with Gasteiger partial charge in [0.2, 0.25) is 0 Å². The second-order valence-corrected chi connectivity index (χ2v) is 5.48. The maximum Gasteiger partial charge on any atom is 0.310 e. The Bertz CT molecular complexity index is 745. The highest BCUT2D eigenvalue weighted by Gasteiger charge is 2.17. The van der Waals surface area contributed by atoms with E-state index in [9.17, 15) is 14.9 Å². The normalized spacial score (nSPS) is 10.2. The highest BCUT2D eigenvalue weighted by molar-refractivity contribution is 6.39. The van der Waals surface area contributed by atoms with Crippen LogP contribution in [-0.4, -0.2) is 17.4 Å². The van der Waals surface area contributed by atoms with Crippen molar-refractivity contribution < 1.29 is 14.5 Å². The largest absolute Gasteiger partial charge is 0.477 e. The number of halogens is 2. The molecule has 0 heterocycles. The first-order chi connectivity index (χ1) is 10.9. The zero-order chi connectivity index (χ0) is 17.0. The SMILES string of the molecule is Cc1ccc([N+](=O)[O-])c(OCC(=O)Nc2c(Cl)cccc2Cl)c1. The van der Waals surface area contributed by atoms with Crippen molar-refractivity contribution in [2.75, 3.05) is 11.9 Å². The molecule has 6 nitrogen and oxygen atoms in total. The topological polar surface area (TPSA) is 81.5 Å². The lowest BCUT2D eigenvalue weighted by Crippen LogP contribution is -2.20. The number of anilines is 1. The number of ether oxygens (including phenoxy) is 1. The Kier molecular flexibility index (Phi) is 5.41. The molecule has 1 N–H and O–H groups in total. The number of nitrogens with one attached hydrogen (secondary N) is 1. The Balaban J connectivity index is 2.08. The minimum atomic E-state index is -0.572. The summed E-state index contributed by atoms with van der Waals surface area (Å²) >= 11 is 11.9. The Labute approximate surface area is 142 Å². The van der Waals surface area contributed by atoms with Crippen LogP contribution >= 0.6 is 23.2 Å². The zero-order valence-corrected chi connectivity index (χ0v) is 13.5. The van der Waals surface area contributed by atoms with E-state index >= 15 is 0 Å². The molecule has 0 aliphatic carbocycles. The molecule has 2 aromatic carbocycles. The van der Waals surface area contributed by atoms with Crippen molar-refractivity contribution in [1.82, 2.24) is 0 Å². The highest BCUT2D eigenvalue weighted by atomic mass is 35.5. The minimum Gasteiger partial charge on any atom is -0.477 e. The fourth-order valence-electron chi connectivity index (χ4n) is 1.82. The molecular weight excluding hydrogens is 343 g/mol. The van der Waals surface area contributed by atoms with E-state index in [1.165, 1.54) is 12.1 Å². The van der Waals surface area contributed by atoms with E-state index in [2.05, 4.69) is 5.32 Å². The fourth-order valence-corrected chi connectivity index (χ4v) is 2.32. The Morgan fingerprint density at radius 2 is 1.91 bits per heavy atom. The molecule has 0 saturated carbocycles. The number of aryl methyl sites for hydroxylation is 1. The number of hydrogen-bond donors (Lipinski definition) is 1. The van der Waals surface area contributed by atoms with Gasteiger partial charge in [-0.1, -0.05) is 35.3 Å². The first kappa shape index (κ1) is 17.1. The van der Waals surface area contributed by atoms with Crippen molar-refractivity contribution in [3.63, 3.8) is 0 Å². The molecule has 0 spiro atoms. The number of nitrogens with zero attached hydrogens (tertiary/aromatic N) is 1. The lowest BCUT2D eigenvalue weighted by molar-refractivity contribution is -0.385. The number of benzene rings is 2. The average molecular weight is 355 g/mol. The molecule has 2 rings (SSSR count). The van der Waals surface area contributed by atoms with Gasteiger partial charge < -0.3 is 10.1 Å². The molecule has 0 aromatic heterocycles. The quantitative estimate of drug-likeness (QED) is 0.643. The summed E-state index contributed by atoms with van der Waals surface area (Å²) in [6, 6.07) is 9.22. The van der Waals surface area contributed by atoms with Crippen LogP contribution in [0.1, 0.15) is 5.56 Å². The van der Waals surface area contributed by atoms with Crippen molar-refractivity contribution >= 4 is 40.5 Å². The summed E-state index contributed by atoms with van der Waals surface area (Å²) in [5.74, 6) is -0.508. The third-order valence-electron chi connectivity index (χ3n) is 2.90. The van der Waals surface area contributed by atoms with Crippen molar-refractivity contribution in [2.45, 2.75) is 6.92 Å². The van der Waals surface area contributed by atoms with Gasteiger partial charge in [-0.25, -0.2) is 0 Å². The lowest BCUT2D eigenvalue weighted by Gasteiger charge is -2.10. The Hall–Kier alpha value is -2.31. The van der Waals surface area contributed by atoms with Crippen LogP contribution in [0, 0.1) is 17.0 Å². The van der Waals surface area contributed by atoms with Crippen LogP contribution in [0.15, 0.2) is 36.4 Å². The monoisotopic (exact) mass is 354 g/mol. The second kappa shape index (κ2) is 7.30. The second-order valence-electron chi connectivity index (χ2n) is 4.66. The smallest absolute Gasteiger partial charge is 0.310 e. The molecule has 0 unspecified atom stereocenters. The van der Waals surface area contributed by atoms with Gasteiger partial charge in [0.05, 0.1) is 20.7 Å². The van der Waals surface area contributed by atoms with Gasteiger partial charge in [0, 0.05) is 6.07 Å². The Morgan fingerprint density at radius 1 is 1.26 bits per heavy atom. The number of nitro groups is 1. The number of para-hydroxylation sites is 1. The molecule has 23 heavy (non-hydrogen) atoms. The van der Waals surface area contributed by atoms with Crippen LogP contribution in [0.25, 0.3) is 0 Å². The number of hydrogen-bond acceptors (Lipinski definition) is 4. The van der Waals surface area contributed by atoms with E-state index in [1.54, 1.807) is 31.2 Å². The van der Waals surface area contributed by atoms with Crippen LogP contribution in [-0.2, 0) is 4.79 Å². The van der Waals surface area contributed by atoms with Crippen LogP contribution in [0.2, 0.25) is 10.0 Å². The molecule has 8 heteroatoms. The number of carbonyl (C=O) groups excluding carboxylic acids is 1.